The monoisotopic (exact) mass is 308 g/mol. The third-order valence-electron chi connectivity index (χ3n) is 4.69. The van der Waals surface area contributed by atoms with Crippen LogP contribution in [0, 0.1) is 0 Å². The first-order valence-corrected chi connectivity index (χ1v) is 7.55. The van der Waals surface area contributed by atoms with Crippen LogP contribution < -0.4 is 10.6 Å². The molecule has 8 nitrogen and oxygen atoms in total. The number of amides is 6. The third kappa shape index (κ3) is 2.05. The second-order valence-corrected chi connectivity index (χ2v) is 6.69. The van der Waals surface area contributed by atoms with Crippen molar-refractivity contribution >= 4 is 23.9 Å². The summed E-state index contributed by atoms with van der Waals surface area (Å²) in [5.74, 6) is -0.582. The summed E-state index contributed by atoms with van der Waals surface area (Å²) in [5, 5.41) is 5.35. The quantitative estimate of drug-likeness (QED) is 0.727. The first-order chi connectivity index (χ1) is 10.3. The van der Waals surface area contributed by atoms with Crippen LogP contribution in [0.25, 0.3) is 0 Å². The average molecular weight is 308 g/mol. The molecular weight excluding hydrogens is 288 g/mol. The van der Waals surface area contributed by atoms with Gasteiger partial charge >= 0.3 is 12.1 Å². The summed E-state index contributed by atoms with van der Waals surface area (Å²) in [7, 11) is 0. The van der Waals surface area contributed by atoms with Gasteiger partial charge in [0.2, 0.25) is 0 Å². The minimum atomic E-state index is -0.943. The molecule has 0 unspecified atom stereocenters. The molecule has 0 aromatic heterocycles. The molecule has 3 aliphatic rings. The molecule has 3 rings (SSSR count). The van der Waals surface area contributed by atoms with E-state index in [-0.39, 0.29) is 24.9 Å². The summed E-state index contributed by atoms with van der Waals surface area (Å²) in [4.78, 5) is 50.6. The van der Waals surface area contributed by atoms with E-state index in [1.165, 1.54) is 0 Å². The van der Waals surface area contributed by atoms with Gasteiger partial charge in [-0.2, -0.15) is 0 Å². The number of rotatable bonds is 3. The van der Waals surface area contributed by atoms with Crippen molar-refractivity contribution in [2.45, 2.75) is 50.6 Å². The lowest BCUT2D eigenvalue weighted by Gasteiger charge is -2.21. The lowest BCUT2D eigenvalue weighted by Crippen LogP contribution is -2.45. The Morgan fingerprint density at radius 3 is 1.86 bits per heavy atom. The van der Waals surface area contributed by atoms with Gasteiger partial charge in [-0.15, -0.1) is 0 Å². The van der Waals surface area contributed by atoms with Gasteiger partial charge < -0.3 is 10.6 Å². The fraction of sp³-hybridized carbons (Fsp3) is 0.714. The molecule has 0 bridgehead atoms. The fourth-order valence-corrected chi connectivity index (χ4v) is 3.42. The lowest BCUT2D eigenvalue weighted by atomic mass is 9.98. The molecule has 0 aromatic rings. The molecule has 0 radical (unpaired) electrons. The first-order valence-electron chi connectivity index (χ1n) is 7.55. The van der Waals surface area contributed by atoms with Gasteiger partial charge in [0.1, 0.15) is 11.1 Å². The van der Waals surface area contributed by atoms with Crippen LogP contribution >= 0.6 is 0 Å². The number of carbonyl (C=O) groups excluding carboxylic acids is 4. The Kier molecular flexibility index (Phi) is 3.15. The van der Waals surface area contributed by atoms with Crippen LogP contribution in [0.3, 0.4) is 0 Å². The Balaban J connectivity index is 1.67. The molecule has 0 aromatic carbocycles. The van der Waals surface area contributed by atoms with Crippen molar-refractivity contribution < 1.29 is 19.2 Å². The molecule has 2 saturated heterocycles. The number of imide groups is 2. The number of hydrogen-bond acceptors (Lipinski definition) is 4. The summed E-state index contributed by atoms with van der Waals surface area (Å²) in [5.41, 5.74) is -1.70. The van der Waals surface area contributed by atoms with Crippen LogP contribution in [0.2, 0.25) is 0 Å². The van der Waals surface area contributed by atoms with E-state index >= 15 is 0 Å². The van der Waals surface area contributed by atoms with E-state index in [1.807, 2.05) is 0 Å². The van der Waals surface area contributed by atoms with Crippen molar-refractivity contribution in [3.05, 3.63) is 0 Å². The van der Waals surface area contributed by atoms with Crippen LogP contribution in [0.4, 0.5) is 9.59 Å². The van der Waals surface area contributed by atoms with Crippen LogP contribution in [0.5, 0.6) is 0 Å². The molecule has 2 N–H and O–H groups in total. The molecule has 1 spiro atoms. The molecule has 22 heavy (non-hydrogen) atoms. The van der Waals surface area contributed by atoms with Gasteiger partial charge in [-0.25, -0.2) is 9.59 Å². The third-order valence-corrected chi connectivity index (χ3v) is 4.69. The van der Waals surface area contributed by atoms with Crippen LogP contribution in [-0.4, -0.2) is 57.8 Å². The van der Waals surface area contributed by atoms with Crippen molar-refractivity contribution in [1.82, 2.24) is 20.4 Å². The Bertz CT molecular complexity index is 565. The minimum Gasteiger partial charge on any atom is -0.324 e. The zero-order valence-corrected chi connectivity index (χ0v) is 12.8. The summed E-state index contributed by atoms with van der Waals surface area (Å²) >= 11 is 0. The molecule has 0 atom stereocenters. The summed E-state index contributed by atoms with van der Waals surface area (Å²) in [6.07, 6.45) is 3.15. The second-order valence-electron chi connectivity index (χ2n) is 6.69. The number of urea groups is 2. The maximum atomic E-state index is 12.5. The summed E-state index contributed by atoms with van der Waals surface area (Å²) in [6, 6.07) is -0.921. The highest BCUT2D eigenvalue weighted by molar-refractivity contribution is 6.08. The fourth-order valence-electron chi connectivity index (χ4n) is 3.42. The smallest absolute Gasteiger partial charge is 0.324 e. The molecule has 120 valence electrons. The van der Waals surface area contributed by atoms with Crippen molar-refractivity contribution in [2.75, 3.05) is 13.1 Å². The van der Waals surface area contributed by atoms with E-state index in [0.717, 1.165) is 22.6 Å². The number of nitrogens with one attached hydrogen (secondary N) is 2. The van der Waals surface area contributed by atoms with E-state index < -0.39 is 23.1 Å². The first kappa shape index (κ1) is 14.8. The van der Waals surface area contributed by atoms with Crippen molar-refractivity contribution in [1.29, 1.82) is 0 Å². The SMILES string of the molecule is CC1(C)NC(=O)N(CCN2C(=O)NC3(CCCC3)C2=O)C1=O. The van der Waals surface area contributed by atoms with Gasteiger partial charge in [-0.3, -0.25) is 19.4 Å². The molecule has 1 saturated carbocycles. The van der Waals surface area contributed by atoms with Gasteiger partial charge in [0.25, 0.3) is 11.8 Å². The highest BCUT2D eigenvalue weighted by atomic mass is 16.2. The molecule has 3 fully saturated rings. The lowest BCUT2D eigenvalue weighted by molar-refractivity contribution is -0.133. The highest BCUT2D eigenvalue weighted by Gasteiger charge is 2.52. The minimum absolute atomic E-state index is 0.0172. The van der Waals surface area contributed by atoms with E-state index in [4.69, 9.17) is 0 Å². The van der Waals surface area contributed by atoms with Gasteiger partial charge in [-0.05, 0) is 26.7 Å². The largest absolute Gasteiger partial charge is 0.325 e. The summed E-state index contributed by atoms with van der Waals surface area (Å²) < 4.78 is 0. The second kappa shape index (κ2) is 4.69. The van der Waals surface area contributed by atoms with Gasteiger partial charge in [-0.1, -0.05) is 12.8 Å². The van der Waals surface area contributed by atoms with Crippen LogP contribution in [-0.2, 0) is 9.59 Å². The maximum absolute atomic E-state index is 12.5. The van der Waals surface area contributed by atoms with E-state index in [2.05, 4.69) is 10.6 Å². The predicted molar refractivity (Wildman–Crippen MR) is 75.8 cm³/mol. The Hall–Kier alpha value is -2.12. The Morgan fingerprint density at radius 1 is 0.864 bits per heavy atom. The normalized spacial score (nSPS) is 26.1. The number of carbonyl (C=O) groups is 4. The number of nitrogens with zero attached hydrogens (tertiary/aromatic N) is 2. The Morgan fingerprint density at radius 2 is 1.36 bits per heavy atom. The van der Waals surface area contributed by atoms with Crippen molar-refractivity contribution in [3.8, 4) is 0 Å². The van der Waals surface area contributed by atoms with Crippen LogP contribution in [0.1, 0.15) is 39.5 Å². The van der Waals surface area contributed by atoms with E-state index in [9.17, 15) is 19.2 Å². The average Bonchev–Trinajstić information content (AvgIpc) is 3.03. The van der Waals surface area contributed by atoms with E-state index in [0.29, 0.717) is 12.8 Å². The Labute approximate surface area is 128 Å². The summed E-state index contributed by atoms with van der Waals surface area (Å²) in [6.45, 7) is 3.29. The standard InChI is InChI=1S/C14H20N4O4/c1-13(2)9(19)17(11(21)15-13)7-8-18-10(20)14(16-12(18)22)5-3-4-6-14/h3-8H2,1-2H3,(H,15,21)(H,16,22). The predicted octanol–water partition coefficient (Wildman–Crippen LogP) is 0.181. The number of hydrogen-bond donors (Lipinski definition) is 2. The highest BCUT2D eigenvalue weighted by Crippen LogP contribution is 2.35. The van der Waals surface area contributed by atoms with Gasteiger partial charge in [0.05, 0.1) is 0 Å². The maximum Gasteiger partial charge on any atom is 0.325 e. The molecule has 2 heterocycles. The topological polar surface area (TPSA) is 98.8 Å². The zero-order chi connectivity index (χ0) is 16.1. The van der Waals surface area contributed by atoms with E-state index in [1.54, 1.807) is 13.8 Å². The van der Waals surface area contributed by atoms with Crippen molar-refractivity contribution in [2.24, 2.45) is 0 Å². The molecule has 8 heteroatoms. The zero-order valence-electron chi connectivity index (χ0n) is 12.8. The molecule has 1 aliphatic carbocycles. The molecule has 2 aliphatic heterocycles. The molecule has 6 amide bonds. The van der Waals surface area contributed by atoms with Gasteiger partial charge in [0.15, 0.2) is 0 Å². The molecular formula is C14H20N4O4. The van der Waals surface area contributed by atoms with Crippen LogP contribution in [0.15, 0.2) is 0 Å². The van der Waals surface area contributed by atoms with Crippen molar-refractivity contribution in [3.63, 3.8) is 0 Å². The van der Waals surface area contributed by atoms with Gasteiger partial charge in [0, 0.05) is 13.1 Å².